The highest BCUT2D eigenvalue weighted by Gasteiger charge is 2.74. The zero-order valence-electron chi connectivity index (χ0n) is 12.6. The van der Waals surface area contributed by atoms with Gasteiger partial charge < -0.3 is 15.4 Å². The van der Waals surface area contributed by atoms with Gasteiger partial charge in [0.1, 0.15) is 6.04 Å². The number of carbonyl (C=O) groups is 1. The molecule has 0 aromatic rings. The van der Waals surface area contributed by atoms with Gasteiger partial charge in [0, 0.05) is 12.6 Å². The predicted octanol–water partition coefficient (Wildman–Crippen LogP) is 0.439. The molecule has 2 aliphatic heterocycles. The normalized spacial score (nSPS) is 46.9. The third-order valence-electron chi connectivity index (χ3n) is 6.31. The molecule has 4 aliphatic rings. The third-order valence-corrected chi connectivity index (χ3v) is 6.31. The molecule has 5 heteroatoms. The van der Waals surface area contributed by atoms with Crippen LogP contribution >= 0.6 is 0 Å². The molecule has 1 unspecified atom stereocenters. The predicted molar refractivity (Wildman–Crippen MR) is 74.8 cm³/mol. The second-order valence-electron chi connectivity index (χ2n) is 7.94. The highest BCUT2D eigenvalue weighted by molar-refractivity contribution is 5.86. The van der Waals surface area contributed by atoms with Crippen molar-refractivity contribution in [3.63, 3.8) is 0 Å². The molecule has 4 rings (SSSR count). The quantitative estimate of drug-likeness (QED) is 0.769. The van der Waals surface area contributed by atoms with Crippen molar-refractivity contribution in [3.05, 3.63) is 0 Å². The van der Waals surface area contributed by atoms with Gasteiger partial charge in [-0.05, 0) is 50.9 Å². The summed E-state index contributed by atoms with van der Waals surface area (Å²) in [4.78, 5) is 14.9. The zero-order valence-corrected chi connectivity index (χ0v) is 12.6. The summed E-state index contributed by atoms with van der Waals surface area (Å²) in [7, 11) is 1.73. The van der Waals surface area contributed by atoms with Crippen molar-refractivity contribution >= 4 is 5.91 Å². The first kappa shape index (κ1) is 13.0. The van der Waals surface area contributed by atoms with Crippen molar-refractivity contribution in [2.75, 3.05) is 13.7 Å². The third kappa shape index (κ3) is 1.36. The van der Waals surface area contributed by atoms with E-state index < -0.39 is 6.04 Å². The van der Waals surface area contributed by atoms with Crippen LogP contribution in [0, 0.1) is 11.3 Å². The fraction of sp³-hybridized carbons (Fsp3) is 0.933. The lowest BCUT2D eigenvalue weighted by molar-refractivity contribution is -0.157. The van der Waals surface area contributed by atoms with E-state index in [2.05, 4.69) is 24.1 Å². The SMILES string of the molecule is COCC1[C@@H]2C[C@]3(CC24CC4)NC(C)(C)[C@H](N)C(=O)N13. The molecule has 5 nitrogen and oxygen atoms in total. The Labute approximate surface area is 120 Å². The number of rotatable bonds is 2. The van der Waals surface area contributed by atoms with Crippen LogP contribution in [0.4, 0.5) is 0 Å². The molecule has 20 heavy (non-hydrogen) atoms. The Balaban J connectivity index is 1.76. The minimum Gasteiger partial charge on any atom is -0.383 e. The molecule has 3 N–H and O–H groups in total. The number of ether oxygens (including phenoxy) is 1. The average Bonchev–Trinajstić information content (AvgIpc) is 2.94. The molecular formula is C15H25N3O2. The Bertz CT molecular complexity index is 474. The first-order chi connectivity index (χ1) is 9.35. The number of amides is 1. The van der Waals surface area contributed by atoms with Crippen LogP contribution in [-0.2, 0) is 9.53 Å². The second kappa shape index (κ2) is 3.57. The number of fused-ring (bicyclic) bond motifs is 2. The number of nitrogens with zero attached hydrogens (tertiary/aromatic N) is 1. The van der Waals surface area contributed by atoms with Crippen LogP contribution in [0.2, 0.25) is 0 Å². The lowest BCUT2D eigenvalue weighted by atomic mass is 9.80. The van der Waals surface area contributed by atoms with Crippen molar-refractivity contribution in [2.24, 2.45) is 17.1 Å². The molecular weight excluding hydrogens is 254 g/mol. The second-order valence-corrected chi connectivity index (χ2v) is 7.94. The summed E-state index contributed by atoms with van der Waals surface area (Å²) in [6.45, 7) is 4.74. The number of methoxy groups -OCH3 is 1. The van der Waals surface area contributed by atoms with E-state index in [-0.39, 0.29) is 23.2 Å². The van der Waals surface area contributed by atoms with Gasteiger partial charge in [-0.25, -0.2) is 0 Å². The van der Waals surface area contributed by atoms with Crippen LogP contribution < -0.4 is 11.1 Å². The van der Waals surface area contributed by atoms with Gasteiger partial charge in [0.15, 0.2) is 0 Å². The lowest BCUT2D eigenvalue weighted by Crippen LogP contribution is -2.78. The summed E-state index contributed by atoms with van der Waals surface area (Å²) in [5, 5.41) is 3.75. The standard InChI is InChI=1S/C15H25N3O2/c1-13(2)11(16)12(19)18-10(7-20-3)9-6-15(18,17-13)8-14(9)4-5-14/h9-11,17H,4-8,16H2,1-3H3/t9-,10?,11+,15-/m0/s1. The van der Waals surface area contributed by atoms with Gasteiger partial charge in [0.2, 0.25) is 5.91 Å². The van der Waals surface area contributed by atoms with E-state index in [0.717, 1.165) is 12.8 Å². The van der Waals surface area contributed by atoms with Gasteiger partial charge in [-0.2, -0.15) is 0 Å². The van der Waals surface area contributed by atoms with Crippen LogP contribution in [-0.4, -0.2) is 47.8 Å². The Morgan fingerprint density at radius 2 is 2.15 bits per heavy atom. The maximum Gasteiger partial charge on any atom is 0.243 e. The van der Waals surface area contributed by atoms with Crippen LogP contribution in [0.3, 0.4) is 0 Å². The molecule has 0 aromatic heterocycles. The zero-order chi connectivity index (χ0) is 14.3. The Hall–Kier alpha value is -0.650. The minimum atomic E-state index is -0.470. The first-order valence-electron chi connectivity index (χ1n) is 7.72. The number of piperidine rings is 1. The minimum absolute atomic E-state index is 0.105. The molecule has 2 spiro atoms. The van der Waals surface area contributed by atoms with E-state index in [1.165, 1.54) is 12.8 Å². The topological polar surface area (TPSA) is 67.6 Å². The van der Waals surface area contributed by atoms with E-state index in [4.69, 9.17) is 10.5 Å². The molecule has 4 atom stereocenters. The number of carbonyl (C=O) groups excluding carboxylic acids is 1. The van der Waals surface area contributed by atoms with Crippen molar-refractivity contribution < 1.29 is 9.53 Å². The molecule has 2 aliphatic carbocycles. The molecule has 2 bridgehead atoms. The van der Waals surface area contributed by atoms with Gasteiger partial charge in [-0.15, -0.1) is 0 Å². The summed E-state index contributed by atoms with van der Waals surface area (Å²) < 4.78 is 5.42. The van der Waals surface area contributed by atoms with Crippen LogP contribution in [0.25, 0.3) is 0 Å². The summed E-state index contributed by atoms with van der Waals surface area (Å²) in [6, 6.07) is -0.264. The van der Waals surface area contributed by atoms with Gasteiger partial charge in [0.25, 0.3) is 0 Å². The van der Waals surface area contributed by atoms with E-state index in [1.54, 1.807) is 7.11 Å². The fourth-order valence-electron chi connectivity index (χ4n) is 5.33. The Morgan fingerprint density at radius 3 is 2.75 bits per heavy atom. The van der Waals surface area contributed by atoms with Gasteiger partial charge in [-0.3, -0.25) is 10.1 Å². The molecule has 2 heterocycles. The lowest BCUT2D eigenvalue weighted by Gasteiger charge is -2.55. The first-order valence-corrected chi connectivity index (χ1v) is 7.72. The number of hydrogen-bond acceptors (Lipinski definition) is 4. The van der Waals surface area contributed by atoms with Gasteiger partial charge in [-0.1, -0.05) is 0 Å². The van der Waals surface area contributed by atoms with E-state index >= 15 is 0 Å². The van der Waals surface area contributed by atoms with Crippen molar-refractivity contribution in [1.82, 2.24) is 10.2 Å². The molecule has 0 radical (unpaired) electrons. The van der Waals surface area contributed by atoms with Crippen LogP contribution in [0.15, 0.2) is 0 Å². The molecule has 112 valence electrons. The summed E-state index contributed by atoms with van der Waals surface area (Å²) in [6.07, 6.45) is 4.81. The molecule has 4 fully saturated rings. The molecule has 2 saturated heterocycles. The fourth-order valence-corrected chi connectivity index (χ4v) is 5.33. The number of hydrogen-bond donors (Lipinski definition) is 2. The Morgan fingerprint density at radius 1 is 1.45 bits per heavy atom. The largest absolute Gasteiger partial charge is 0.383 e. The number of nitrogens with one attached hydrogen (secondary N) is 1. The maximum atomic E-state index is 12.8. The van der Waals surface area contributed by atoms with Gasteiger partial charge in [0.05, 0.1) is 18.3 Å². The van der Waals surface area contributed by atoms with Crippen LogP contribution in [0.1, 0.15) is 39.5 Å². The molecule has 1 amide bonds. The number of nitrogens with two attached hydrogens (primary N) is 1. The summed E-state index contributed by atoms with van der Waals surface area (Å²) >= 11 is 0. The van der Waals surface area contributed by atoms with Gasteiger partial charge >= 0.3 is 0 Å². The molecule has 2 saturated carbocycles. The van der Waals surface area contributed by atoms with E-state index in [1.807, 2.05) is 0 Å². The maximum absolute atomic E-state index is 12.8. The van der Waals surface area contributed by atoms with Crippen molar-refractivity contribution in [2.45, 2.75) is 62.8 Å². The smallest absolute Gasteiger partial charge is 0.243 e. The summed E-state index contributed by atoms with van der Waals surface area (Å²) in [5.41, 5.74) is 6.17. The average molecular weight is 279 g/mol. The van der Waals surface area contributed by atoms with E-state index in [0.29, 0.717) is 17.9 Å². The highest BCUT2D eigenvalue weighted by atomic mass is 16.5. The van der Waals surface area contributed by atoms with E-state index in [9.17, 15) is 4.79 Å². The highest BCUT2D eigenvalue weighted by Crippen LogP contribution is 2.70. The van der Waals surface area contributed by atoms with Crippen LogP contribution in [0.5, 0.6) is 0 Å². The monoisotopic (exact) mass is 279 g/mol. The summed E-state index contributed by atoms with van der Waals surface area (Å²) in [5.74, 6) is 0.689. The Kier molecular flexibility index (Phi) is 2.33. The van der Waals surface area contributed by atoms with Crippen molar-refractivity contribution in [3.8, 4) is 0 Å². The molecule has 0 aromatic carbocycles. The van der Waals surface area contributed by atoms with Crippen molar-refractivity contribution in [1.29, 1.82) is 0 Å².